The van der Waals surface area contributed by atoms with Gasteiger partial charge in [0.25, 0.3) is 0 Å². The third-order valence-corrected chi connectivity index (χ3v) is 7.55. The van der Waals surface area contributed by atoms with E-state index in [1.807, 2.05) is 66.2 Å². The highest BCUT2D eigenvalue weighted by Crippen LogP contribution is 2.40. The predicted molar refractivity (Wildman–Crippen MR) is 130 cm³/mol. The topological polar surface area (TPSA) is 72.3 Å². The summed E-state index contributed by atoms with van der Waals surface area (Å²) in [6.45, 7) is 5.56. The van der Waals surface area contributed by atoms with E-state index in [1.165, 1.54) is 18.2 Å². The number of thioether (sulfide) groups is 1. The monoisotopic (exact) mass is 463 g/mol. The van der Waals surface area contributed by atoms with Crippen LogP contribution in [0.5, 0.6) is 5.75 Å². The first-order chi connectivity index (χ1) is 16.2. The van der Waals surface area contributed by atoms with Crippen LogP contribution in [0.1, 0.15) is 44.7 Å². The number of carbonyl (C=O) groups is 1. The van der Waals surface area contributed by atoms with E-state index in [0.29, 0.717) is 11.8 Å². The number of hydrogen-bond acceptors (Lipinski definition) is 6. The summed E-state index contributed by atoms with van der Waals surface area (Å²) in [7, 11) is 0. The molecule has 5 rings (SSSR count). The Morgan fingerprint density at radius 2 is 1.91 bits per heavy atom. The number of nitrogens with one attached hydrogen (secondary N) is 1. The van der Waals surface area contributed by atoms with Crippen LogP contribution in [0.3, 0.4) is 0 Å². The van der Waals surface area contributed by atoms with Gasteiger partial charge in [-0.2, -0.15) is 0 Å². The minimum absolute atomic E-state index is 0.161. The summed E-state index contributed by atoms with van der Waals surface area (Å²) >= 11 is 1.50. The van der Waals surface area contributed by atoms with Gasteiger partial charge in [-0.05, 0) is 50.8 Å². The van der Waals surface area contributed by atoms with E-state index in [4.69, 9.17) is 4.74 Å². The van der Waals surface area contributed by atoms with E-state index < -0.39 is 0 Å². The van der Waals surface area contributed by atoms with Gasteiger partial charge < -0.3 is 15.1 Å². The molecule has 2 aliphatic heterocycles. The maximum Gasteiger partial charge on any atom is 0.238 e. The molecule has 1 aromatic heterocycles. The van der Waals surface area contributed by atoms with E-state index in [0.717, 1.165) is 42.1 Å². The molecule has 172 valence electrons. The second kappa shape index (κ2) is 9.47. The Morgan fingerprint density at radius 1 is 1.12 bits per heavy atom. The Balaban J connectivity index is 1.51. The zero-order valence-corrected chi connectivity index (χ0v) is 19.8. The number of piperidine rings is 1. The Hall–Kier alpha value is -3.00. The summed E-state index contributed by atoms with van der Waals surface area (Å²) in [5.41, 5.74) is 5.59. The van der Waals surface area contributed by atoms with Gasteiger partial charge in [0.15, 0.2) is 5.82 Å². The lowest BCUT2D eigenvalue weighted by atomic mass is 9.99. The zero-order valence-electron chi connectivity index (χ0n) is 19.0. The van der Waals surface area contributed by atoms with E-state index in [2.05, 4.69) is 27.4 Å². The molecule has 0 unspecified atom stereocenters. The van der Waals surface area contributed by atoms with E-state index in [-0.39, 0.29) is 23.2 Å². The molecular weight excluding hydrogens is 434 g/mol. The highest BCUT2D eigenvalue weighted by molar-refractivity contribution is 8.00. The van der Waals surface area contributed by atoms with Crippen molar-refractivity contribution in [3.8, 4) is 17.1 Å². The molecule has 0 saturated carbocycles. The molecule has 3 atom stereocenters. The van der Waals surface area contributed by atoms with Crippen LogP contribution in [0.4, 0.5) is 0 Å². The van der Waals surface area contributed by atoms with E-state index >= 15 is 0 Å². The van der Waals surface area contributed by atoms with Gasteiger partial charge in [-0.25, -0.2) is 4.68 Å². The Labute approximate surface area is 198 Å². The number of hydrogen-bond donors (Lipinski definition) is 1. The highest BCUT2D eigenvalue weighted by Gasteiger charge is 2.41. The lowest BCUT2D eigenvalue weighted by Crippen LogP contribution is -2.50. The van der Waals surface area contributed by atoms with Gasteiger partial charge in [-0.15, -0.1) is 10.2 Å². The number of fused-ring (bicyclic) bond motifs is 1. The number of benzene rings is 2. The second-order valence-corrected chi connectivity index (χ2v) is 9.64. The molecule has 0 spiro atoms. The van der Waals surface area contributed by atoms with Crippen molar-refractivity contribution in [1.82, 2.24) is 19.8 Å². The lowest BCUT2D eigenvalue weighted by molar-refractivity contribution is -0.134. The van der Waals surface area contributed by atoms with Crippen molar-refractivity contribution in [2.75, 3.05) is 18.6 Å². The van der Waals surface area contributed by atoms with Crippen LogP contribution in [-0.4, -0.2) is 50.1 Å². The maximum absolute atomic E-state index is 13.8. The number of carbonyl (C=O) groups excluding carboxylic acids is 1. The molecule has 33 heavy (non-hydrogen) atoms. The molecule has 3 aromatic rings. The summed E-state index contributed by atoms with van der Waals surface area (Å²) in [6.07, 6.45) is 3.29. The normalized spacial score (nSPS) is 22.4. The minimum atomic E-state index is -0.330. The molecule has 3 heterocycles. The van der Waals surface area contributed by atoms with Crippen molar-refractivity contribution in [2.45, 2.75) is 55.6 Å². The van der Waals surface area contributed by atoms with Crippen molar-refractivity contribution in [3.63, 3.8) is 0 Å². The summed E-state index contributed by atoms with van der Waals surface area (Å²) < 4.78 is 7.55. The van der Waals surface area contributed by atoms with Gasteiger partial charge in [0.05, 0.1) is 12.6 Å². The molecular formula is C25H29N5O2S. The van der Waals surface area contributed by atoms with Crippen LogP contribution in [0.25, 0.3) is 11.4 Å². The number of amides is 1. The number of ether oxygens (including phenoxy) is 1. The number of nitrogens with zero attached hydrogens (tertiary/aromatic N) is 4. The fraction of sp³-hybridized carbons (Fsp3) is 0.400. The van der Waals surface area contributed by atoms with Gasteiger partial charge in [0.2, 0.25) is 11.1 Å². The first-order valence-corrected chi connectivity index (χ1v) is 12.5. The highest BCUT2D eigenvalue weighted by atomic mass is 32.2. The van der Waals surface area contributed by atoms with Crippen molar-refractivity contribution < 1.29 is 9.53 Å². The largest absolute Gasteiger partial charge is 0.494 e. The summed E-state index contributed by atoms with van der Waals surface area (Å²) in [5, 5.41) is 9.24. The molecule has 1 amide bonds. The quantitative estimate of drug-likeness (QED) is 0.601. The molecule has 0 bridgehead atoms. The first-order valence-electron chi connectivity index (χ1n) is 11.6. The first kappa shape index (κ1) is 21.8. The van der Waals surface area contributed by atoms with Gasteiger partial charge in [0, 0.05) is 18.2 Å². The van der Waals surface area contributed by atoms with Gasteiger partial charge in [-0.1, -0.05) is 54.2 Å². The molecule has 2 aliphatic rings. The maximum atomic E-state index is 13.8. The molecule has 1 saturated heterocycles. The van der Waals surface area contributed by atoms with Crippen LogP contribution < -0.4 is 10.2 Å². The zero-order chi connectivity index (χ0) is 22.8. The van der Waals surface area contributed by atoms with Gasteiger partial charge >= 0.3 is 0 Å². The molecule has 7 nitrogen and oxygen atoms in total. The summed E-state index contributed by atoms with van der Waals surface area (Å²) in [6, 6.07) is 18.0. The van der Waals surface area contributed by atoms with Crippen molar-refractivity contribution in [2.24, 2.45) is 0 Å². The van der Waals surface area contributed by atoms with Crippen molar-refractivity contribution in [3.05, 3.63) is 60.2 Å². The molecule has 1 N–H and O–H groups in total. The van der Waals surface area contributed by atoms with Crippen LogP contribution in [0.2, 0.25) is 0 Å². The van der Waals surface area contributed by atoms with Crippen molar-refractivity contribution in [1.29, 1.82) is 0 Å². The number of likely N-dealkylation sites (tertiary alicyclic amines) is 1. The van der Waals surface area contributed by atoms with Crippen LogP contribution >= 0.6 is 11.8 Å². The second-order valence-electron chi connectivity index (χ2n) is 8.53. The summed E-state index contributed by atoms with van der Waals surface area (Å²) in [4.78, 5) is 15.8. The van der Waals surface area contributed by atoms with Gasteiger partial charge in [0.1, 0.15) is 11.0 Å². The number of aromatic nitrogens is 3. The fourth-order valence-electron chi connectivity index (χ4n) is 4.59. The summed E-state index contributed by atoms with van der Waals surface area (Å²) in [5.74, 6) is 1.73. The Bertz CT molecular complexity index is 1100. The molecule has 1 fully saturated rings. The standard InChI is InChI=1S/C25H29N5O2S/c1-3-32-20-14-12-18(13-15-20)21-22(24(31)29-16-8-7-9-17(29)2)33-25-27-26-23(30(25)28-21)19-10-5-4-6-11-19/h4-6,10-15,17,21-22,28H,3,7-9,16H2,1-2H3/t17-,21-,22+/m0/s1. The smallest absolute Gasteiger partial charge is 0.238 e. The van der Waals surface area contributed by atoms with Crippen molar-refractivity contribution >= 4 is 17.7 Å². The van der Waals surface area contributed by atoms with Crippen LogP contribution in [-0.2, 0) is 4.79 Å². The van der Waals surface area contributed by atoms with Crippen LogP contribution in [0, 0.1) is 0 Å². The number of rotatable bonds is 5. The minimum Gasteiger partial charge on any atom is -0.494 e. The van der Waals surface area contributed by atoms with Crippen LogP contribution in [0.15, 0.2) is 59.8 Å². The Kier molecular flexibility index (Phi) is 6.26. The average molecular weight is 464 g/mol. The predicted octanol–water partition coefficient (Wildman–Crippen LogP) is 4.50. The lowest BCUT2D eigenvalue weighted by Gasteiger charge is -2.39. The molecule has 0 radical (unpaired) electrons. The Morgan fingerprint density at radius 3 is 2.64 bits per heavy atom. The molecule has 8 heteroatoms. The average Bonchev–Trinajstić information content (AvgIpc) is 3.27. The molecule has 2 aromatic carbocycles. The molecule has 0 aliphatic carbocycles. The SMILES string of the molecule is CCOc1ccc([C@@H]2Nn3c(nnc3-c3ccccc3)S[C@H]2C(=O)N2CCCC[C@@H]2C)cc1. The van der Waals surface area contributed by atoms with E-state index in [9.17, 15) is 4.79 Å². The fourth-order valence-corrected chi connectivity index (χ4v) is 5.74. The van der Waals surface area contributed by atoms with E-state index in [1.54, 1.807) is 0 Å². The van der Waals surface area contributed by atoms with Gasteiger partial charge in [-0.3, -0.25) is 4.79 Å². The third-order valence-electron chi connectivity index (χ3n) is 6.35. The third kappa shape index (κ3) is 4.31.